The van der Waals surface area contributed by atoms with Gasteiger partial charge in [-0.25, -0.2) is 4.79 Å². The first-order valence-corrected chi connectivity index (χ1v) is 10.5. The quantitative estimate of drug-likeness (QED) is 0.448. The third-order valence-corrected chi connectivity index (χ3v) is 4.30. The molecule has 0 aliphatic heterocycles. The van der Waals surface area contributed by atoms with Crippen LogP contribution in [0.3, 0.4) is 0 Å². The number of urea groups is 1. The molecule has 1 atom stereocenters. The molecule has 2 rings (SSSR count). The van der Waals surface area contributed by atoms with Crippen molar-refractivity contribution in [2.24, 2.45) is 0 Å². The number of imide groups is 1. The fraction of sp³-hybridized carbons (Fsp3) is 0.348. The molecule has 0 aliphatic rings. The second-order valence-electron chi connectivity index (χ2n) is 6.75. The molecule has 9 nitrogen and oxygen atoms in total. The lowest BCUT2D eigenvalue weighted by Gasteiger charge is -2.21. The van der Waals surface area contributed by atoms with E-state index >= 15 is 0 Å². The molecule has 4 amide bonds. The molecule has 0 radical (unpaired) electrons. The van der Waals surface area contributed by atoms with Gasteiger partial charge in [-0.1, -0.05) is 18.2 Å². The molecule has 2 aromatic carbocycles. The highest BCUT2D eigenvalue weighted by molar-refractivity contribution is 6.05. The van der Waals surface area contributed by atoms with Gasteiger partial charge in [0.1, 0.15) is 17.5 Å². The normalized spacial score (nSPS) is 11.1. The van der Waals surface area contributed by atoms with E-state index in [9.17, 15) is 14.4 Å². The van der Waals surface area contributed by atoms with Gasteiger partial charge in [-0.2, -0.15) is 0 Å². The van der Waals surface area contributed by atoms with Gasteiger partial charge >= 0.3 is 6.03 Å². The molecule has 0 fully saturated rings. The second kappa shape index (κ2) is 12.2. The number of anilines is 2. The van der Waals surface area contributed by atoms with E-state index in [-0.39, 0.29) is 5.91 Å². The van der Waals surface area contributed by atoms with Crippen LogP contribution in [0, 0.1) is 0 Å². The molecule has 172 valence electrons. The number of rotatable bonds is 10. The van der Waals surface area contributed by atoms with Gasteiger partial charge in [-0.3, -0.25) is 14.9 Å². The minimum absolute atomic E-state index is 0.288. The van der Waals surface area contributed by atoms with Crippen molar-refractivity contribution in [2.45, 2.75) is 33.7 Å². The van der Waals surface area contributed by atoms with Crippen LogP contribution in [0.15, 0.2) is 42.5 Å². The molecular weight excluding hydrogens is 412 g/mol. The Morgan fingerprint density at radius 1 is 0.906 bits per heavy atom. The summed E-state index contributed by atoms with van der Waals surface area (Å²) in [5.41, 5.74) is 1.44. The van der Waals surface area contributed by atoms with Crippen LogP contribution >= 0.6 is 0 Å². The van der Waals surface area contributed by atoms with E-state index in [1.165, 1.54) is 0 Å². The number of ether oxygens (including phenoxy) is 2. The maximum Gasteiger partial charge on any atom is 0.321 e. The van der Waals surface area contributed by atoms with Crippen molar-refractivity contribution in [3.63, 3.8) is 0 Å². The Hall–Kier alpha value is -3.75. The monoisotopic (exact) mass is 442 g/mol. The van der Waals surface area contributed by atoms with Gasteiger partial charge in [0, 0.05) is 24.2 Å². The Morgan fingerprint density at radius 2 is 1.50 bits per heavy atom. The lowest BCUT2D eigenvalue weighted by molar-refractivity contribution is -0.120. The molecule has 32 heavy (non-hydrogen) atoms. The van der Waals surface area contributed by atoms with E-state index in [0.29, 0.717) is 48.2 Å². The van der Waals surface area contributed by atoms with Crippen LogP contribution < -0.4 is 30.7 Å². The zero-order chi connectivity index (χ0) is 23.5. The smallest absolute Gasteiger partial charge is 0.321 e. The third-order valence-electron chi connectivity index (χ3n) is 4.30. The predicted octanol–water partition coefficient (Wildman–Crippen LogP) is 3.38. The summed E-state index contributed by atoms with van der Waals surface area (Å²) in [6.45, 7) is 8.18. The largest absolute Gasteiger partial charge is 0.492 e. The number of hydrogen-bond donors (Lipinski definition) is 4. The van der Waals surface area contributed by atoms with Crippen molar-refractivity contribution < 1.29 is 23.9 Å². The summed E-state index contributed by atoms with van der Waals surface area (Å²) in [4.78, 5) is 36.6. The Kier molecular flexibility index (Phi) is 9.34. The molecule has 0 aliphatic carbocycles. The molecule has 0 heterocycles. The van der Waals surface area contributed by atoms with E-state index in [2.05, 4.69) is 21.3 Å². The van der Waals surface area contributed by atoms with Crippen LogP contribution in [0.25, 0.3) is 0 Å². The third kappa shape index (κ3) is 6.90. The summed E-state index contributed by atoms with van der Waals surface area (Å²) >= 11 is 0. The lowest BCUT2D eigenvalue weighted by Crippen LogP contribution is -2.45. The molecule has 4 N–H and O–H groups in total. The summed E-state index contributed by atoms with van der Waals surface area (Å²) in [5.74, 6) is 0.0539. The average molecular weight is 443 g/mol. The zero-order valence-corrected chi connectivity index (χ0v) is 18.8. The van der Waals surface area contributed by atoms with Crippen LogP contribution in [0.5, 0.6) is 11.5 Å². The zero-order valence-electron chi connectivity index (χ0n) is 18.8. The Labute approximate surface area is 187 Å². The maximum atomic E-state index is 12.6. The summed E-state index contributed by atoms with van der Waals surface area (Å²) < 4.78 is 11.4. The molecule has 2 aromatic rings. The minimum atomic E-state index is -0.740. The minimum Gasteiger partial charge on any atom is -0.492 e. The Morgan fingerprint density at radius 3 is 2.09 bits per heavy atom. The summed E-state index contributed by atoms with van der Waals surface area (Å²) in [6.07, 6.45) is 0. The number of carbonyl (C=O) groups is 3. The maximum absolute atomic E-state index is 12.6. The summed E-state index contributed by atoms with van der Waals surface area (Å²) in [5, 5.41) is 10.7. The molecule has 0 saturated carbocycles. The first-order valence-electron chi connectivity index (χ1n) is 10.5. The lowest BCUT2D eigenvalue weighted by atomic mass is 10.1. The van der Waals surface area contributed by atoms with Gasteiger partial charge in [-0.05, 0) is 39.8 Å². The van der Waals surface area contributed by atoms with Gasteiger partial charge < -0.3 is 25.4 Å². The van der Waals surface area contributed by atoms with Crippen LogP contribution in [0.2, 0.25) is 0 Å². The van der Waals surface area contributed by atoms with Crippen LogP contribution in [0.4, 0.5) is 16.2 Å². The highest BCUT2D eigenvalue weighted by atomic mass is 16.5. The number of nitrogens with one attached hydrogen (secondary N) is 4. The number of hydrogen-bond acceptors (Lipinski definition) is 6. The van der Waals surface area contributed by atoms with Crippen molar-refractivity contribution in [1.29, 1.82) is 0 Å². The van der Waals surface area contributed by atoms with E-state index in [0.717, 1.165) is 0 Å². The molecular formula is C23H30N4O5. The van der Waals surface area contributed by atoms with Crippen molar-refractivity contribution in [3.05, 3.63) is 48.0 Å². The Balaban J connectivity index is 2.29. The van der Waals surface area contributed by atoms with Gasteiger partial charge in [-0.15, -0.1) is 0 Å². The SMILES string of the molecule is CCNC(=O)NC(=O)[C@H](C)Nc1cc(OCC)c(NC(=O)c2ccccc2)cc1OCC. The molecule has 0 bridgehead atoms. The predicted molar refractivity (Wildman–Crippen MR) is 123 cm³/mol. The van der Waals surface area contributed by atoms with Crippen molar-refractivity contribution in [2.75, 3.05) is 30.4 Å². The molecule has 0 aromatic heterocycles. The van der Waals surface area contributed by atoms with Gasteiger partial charge in [0.15, 0.2) is 0 Å². The highest BCUT2D eigenvalue weighted by Crippen LogP contribution is 2.37. The number of benzene rings is 2. The number of amides is 4. The highest BCUT2D eigenvalue weighted by Gasteiger charge is 2.20. The fourth-order valence-corrected chi connectivity index (χ4v) is 2.83. The van der Waals surface area contributed by atoms with Gasteiger partial charge in [0.25, 0.3) is 5.91 Å². The van der Waals surface area contributed by atoms with Crippen LogP contribution in [0.1, 0.15) is 38.1 Å². The van der Waals surface area contributed by atoms with Crippen LogP contribution in [-0.2, 0) is 4.79 Å². The first-order chi connectivity index (χ1) is 15.4. The van der Waals surface area contributed by atoms with Crippen molar-refractivity contribution in [1.82, 2.24) is 10.6 Å². The second-order valence-corrected chi connectivity index (χ2v) is 6.75. The molecule has 0 unspecified atom stereocenters. The molecule has 0 saturated heterocycles. The summed E-state index contributed by atoms with van der Waals surface area (Å²) in [7, 11) is 0. The van der Waals surface area contributed by atoms with Crippen LogP contribution in [-0.4, -0.2) is 43.6 Å². The van der Waals surface area contributed by atoms with Gasteiger partial charge in [0.05, 0.1) is 24.6 Å². The average Bonchev–Trinajstić information content (AvgIpc) is 2.77. The molecule has 9 heteroatoms. The van der Waals surface area contributed by atoms with E-state index < -0.39 is 18.0 Å². The number of carbonyl (C=O) groups excluding carboxylic acids is 3. The van der Waals surface area contributed by atoms with E-state index in [1.54, 1.807) is 50.2 Å². The van der Waals surface area contributed by atoms with E-state index in [1.807, 2.05) is 19.9 Å². The van der Waals surface area contributed by atoms with Crippen molar-refractivity contribution in [3.8, 4) is 11.5 Å². The Bertz CT molecular complexity index is 933. The van der Waals surface area contributed by atoms with E-state index in [4.69, 9.17) is 9.47 Å². The summed E-state index contributed by atoms with van der Waals surface area (Å²) in [6, 6.07) is 10.8. The van der Waals surface area contributed by atoms with Crippen molar-refractivity contribution >= 4 is 29.2 Å². The standard InChI is InChI=1S/C23H30N4O5/c1-5-24-23(30)27-21(28)15(4)25-17-13-20(32-7-3)18(14-19(17)31-6-2)26-22(29)16-11-9-8-10-12-16/h8-15,25H,5-7H2,1-4H3,(H,26,29)(H2,24,27,28,30)/t15-/m0/s1. The fourth-order valence-electron chi connectivity index (χ4n) is 2.83. The first kappa shape index (κ1) is 24.5. The molecule has 0 spiro atoms. The van der Waals surface area contributed by atoms with Gasteiger partial charge in [0.2, 0.25) is 5.91 Å². The topological polar surface area (TPSA) is 118 Å².